The Hall–Kier alpha value is -3.19. The first-order valence-corrected chi connectivity index (χ1v) is 11.2. The van der Waals surface area contributed by atoms with Gasteiger partial charge in [-0.3, -0.25) is 9.69 Å². The first kappa shape index (κ1) is 24.0. The predicted molar refractivity (Wildman–Crippen MR) is 124 cm³/mol. The SMILES string of the molecule is Cc1ccc(N(C(=O)c2ccc(F)cc2)C2CCN(Cc3ccc(C(F)(F)F)cc3)CC2)cc1. The number of aryl methyl sites for hydroxylation is 1. The zero-order valence-corrected chi connectivity index (χ0v) is 18.9. The number of anilines is 1. The van der Waals surface area contributed by atoms with Gasteiger partial charge in [-0.1, -0.05) is 29.8 Å². The van der Waals surface area contributed by atoms with Crippen LogP contribution in [0.1, 0.15) is 39.9 Å². The van der Waals surface area contributed by atoms with Crippen molar-refractivity contribution in [3.05, 3.63) is 101 Å². The summed E-state index contributed by atoms with van der Waals surface area (Å²) in [5, 5.41) is 0. The molecule has 0 saturated carbocycles. The molecule has 7 heteroatoms. The number of nitrogens with zero attached hydrogens (tertiary/aromatic N) is 2. The van der Waals surface area contributed by atoms with E-state index in [1.807, 2.05) is 31.2 Å². The largest absolute Gasteiger partial charge is 0.416 e. The Balaban J connectivity index is 1.46. The van der Waals surface area contributed by atoms with Crippen LogP contribution in [0.5, 0.6) is 0 Å². The maximum absolute atomic E-state index is 13.4. The molecule has 178 valence electrons. The highest BCUT2D eigenvalue weighted by Crippen LogP contribution is 2.30. The van der Waals surface area contributed by atoms with Crippen molar-refractivity contribution in [3.8, 4) is 0 Å². The van der Waals surface area contributed by atoms with Crippen LogP contribution in [0.4, 0.5) is 23.2 Å². The number of halogens is 4. The van der Waals surface area contributed by atoms with Gasteiger partial charge in [0.1, 0.15) is 5.82 Å². The number of benzene rings is 3. The van der Waals surface area contributed by atoms with Gasteiger partial charge in [-0.2, -0.15) is 13.2 Å². The van der Waals surface area contributed by atoms with E-state index in [0.717, 1.165) is 41.8 Å². The number of rotatable bonds is 5. The van der Waals surface area contributed by atoms with E-state index in [4.69, 9.17) is 0 Å². The number of amides is 1. The molecule has 0 aromatic heterocycles. The van der Waals surface area contributed by atoms with Crippen molar-refractivity contribution in [2.45, 2.75) is 38.5 Å². The molecule has 1 amide bonds. The normalized spacial score (nSPS) is 15.3. The van der Waals surface area contributed by atoms with Crippen LogP contribution >= 0.6 is 0 Å². The summed E-state index contributed by atoms with van der Waals surface area (Å²) in [6.45, 7) is 3.96. The summed E-state index contributed by atoms with van der Waals surface area (Å²) in [6, 6.07) is 18.6. The summed E-state index contributed by atoms with van der Waals surface area (Å²) in [5.74, 6) is -0.569. The fourth-order valence-corrected chi connectivity index (χ4v) is 4.32. The van der Waals surface area contributed by atoms with E-state index in [9.17, 15) is 22.4 Å². The van der Waals surface area contributed by atoms with Crippen molar-refractivity contribution in [2.24, 2.45) is 0 Å². The molecule has 0 aliphatic carbocycles. The first-order chi connectivity index (χ1) is 16.2. The van der Waals surface area contributed by atoms with Gasteiger partial charge < -0.3 is 4.90 Å². The smallest absolute Gasteiger partial charge is 0.305 e. The van der Waals surface area contributed by atoms with E-state index in [0.29, 0.717) is 25.2 Å². The summed E-state index contributed by atoms with van der Waals surface area (Å²) in [7, 11) is 0. The van der Waals surface area contributed by atoms with Crippen molar-refractivity contribution in [1.29, 1.82) is 0 Å². The maximum Gasteiger partial charge on any atom is 0.416 e. The second-order valence-electron chi connectivity index (χ2n) is 8.72. The quantitative estimate of drug-likeness (QED) is 0.400. The molecule has 4 rings (SSSR count). The van der Waals surface area contributed by atoms with E-state index in [2.05, 4.69) is 4.90 Å². The number of carbonyl (C=O) groups excluding carboxylic acids is 1. The Labute approximate surface area is 196 Å². The van der Waals surface area contributed by atoms with Gasteiger partial charge in [-0.15, -0.1) is 0 Å². The zero-order valence-electron chi connectivity index (χ0n) is 18.9. The molecule has 1 aliphatic rings. The van der Waals surface area contributed by atoms with E-state index in [-0.39, 0.29) is 11.9 Å². The molecule has 3 nitrogen and oxygen atoms in total. The summed E-state index contributed by atoms with van der Waals surface area (Å²) in [4.78, 5) is 17.4. The van der Waals surface area contributed by atoms with Crippen LogP contribution in [-0.2, 0) is 12.7 Å². The van der Waals surface area contributed by atoms with Gasteiger partial charge in [0.05, 0.1) is 5.56 Å². The zero-order chi connectivity index (χ0) is 24.3. The highest BCUT2D eigenvalue weighted by Gasteiger charge is 2.31. The van der Waals surface area contributed by atoms with Crippen LogP contribution < -0.4 is 4.90 Å². The topological polar surface area (TPSA) is 23.6 Å². The third kappa shape index (κ3) is 5.65. The Morgan fingerprint density at radius 2 is 1.50 bits per heavy atom. The fourth-order valence-electron chi connectivity index (χ4n) is 4.32. The molecule has 34 heavy (non-hydrogen) atoms. The predicted octanol–water partition coefficient (Wildman–Crippen LogP) is 6.46. The van der Waals surface area contributed by atoms with Gasteiger partial charge in [0.25, 0.3) is 5.91 Å². The van der Waals surface area contributed by atoms with Crippen molar-refractivity contribution >= 4 is 11.6 Å². The number of hydrogen-bond donors (Lipinski definition) is 0. The second-order valence-corrected chi connectivity index (χ2v) is 8.72. The summed E-state index contributed by atoms with van der Waals surface area (Å²) < 4.78 is 51.8. The lowest BCUT2D eigenvalue weighted by atomic mass is 9.99. The molecule has 3 aromatic carbocycles. The van der Waals surface area contributed by atoms with Crippen molar-refractivity contribution < 1.29 is 22.4 Å². The minimum absolute atomic E-state index is 0.0379. The van der Waals surface area contributed by atoms with Gasteiger partial charge >= 0.3 is 6.18 Å². The average molecular weight is 471 g/mol. The third-order valence-electron chi connectivity index (χ3n) is 6.23. The third-order valence-corrected chi connectivity index (χ3v) is 6.23. The monoisotopic (exact) mass is 470 g/mol. The summed E-state index contributed by atoms with van der Waals surface area (Å²) >= 11 is 0. The summed E-state index contributed by atoms with van der Waals surface area (Å²) in [5.41, 5.74) is 2.48. The van der Waals surface area contributed by atoms with Gasteiger partial charge in [0, 0.05) is 36.9 Å². The lowest BCUT2D eigenvalue weighted by Gasteiger charge is -2.38. The van der Waals surface area contributed by atoms with Crippen LogP contribution in [0, 0.1) is 12.7 Å². The summed E-state index contributed by atoms with van der Waals surface area (Å²) in [6.07, 6.45) is -2.89. The van der Waals surface area contributed by atoms with E-state index in [1.165, 1.54) is 36.4 Å². The molecule has 0 atom stereocenters. The number of carbonyl (C=O) groups is 1. The molecule has 1 saturated heterocycles. The highest BCUT2D eigenvalue weighted by molar-refractivity contribution is 6.06. The number of piperidine rings is 1. The van der Waals surface area contributed by atoms with Gasteiger partial charge in [-0.25, -0.2) is 4.39 Å². The molecule has 1 aliphatic heterocycles. The Bertz CT molecular complexity index is 1100. The lowest BCUT2D eigenvalue weighted by molar-refractivity contribution is -0.137. The van der Waals surface area contributed by atoms with E-state index < -0.39 is 17.6 Å². The van der Waals surface area contributed by atoms with E-state index in [1.54, 1.807) is 4.90 Å². The van der Waals surface area contributed by atoms with Crippen molar-refractivity contribution in [2.75, 3.05) is 18.0 Å². The maximum atomic E-state index is 13.4. The molecular formula is C27H26F4N2O. The molecular weight excluding hydrogens is 444 g/mol. The van der Waals surface area contributed by atoms with Crippen molar-refractivity contribution in [1.82, 2.24) is 4.90 Å². The van der Waals surface area contributed by atoms with Crippen LogP contribution in [0.25, 0.3) is 0 Å². The van der Waals surface area contributed by atoms with Crippen LogP contribution in [0.2, 0.25) is 0 Å². The molecule has 1 fully saturated rings. The Kier molecular flexibility index (Phi) is 7.03. The van der Waals surface area contributed by atoms with Crippen LogP contribution in [0.3, 0.4) is 0 Å². The van der Waals surface area contributed by atoms with Crippen molar-refractivity contribution in [3.63, 3.8) is 0 Å². The Morgan fingerprint density at radius 3 is 2.06 bits per heavy atom. The molecule has 0 bridgehead atoms. The first-order valence-electron chi connectivity index (χ1n) is 11.2. The van der Waals surface area contributed by atoms with Crippen LogP contribution in [-0.4, -0.2) is 29.9 Å². The second kappa shape index (κ2) is 9.97. The number of alkyl halides is 3. The molecule has 0 N–H and O–H groups in total. The van der Waals surface area contributed by atoms with Gasteiger partial charge in [0.15, 0.2) is 0 Å². The fraction of sp³-hybridized carbons (Fsp3) is 0.296. The number of hydrogen-bond acceptors (Lipinski definition) is 2. The van der Waals surface area contributed by atoms with Gasteiger partial charge in [0.2, 0.25) is 0 Å². The van der Waals surface area contributed by atoms with Crippen LogP contribution in [0.15, 0.2) is 72.8 Å². The number of likely N-dealkylation sites (tertiary alicyclic amines) is 1. The lowest BCUT2D eigenvalue weighted by Crippen LogP contribution is -2.47. The molecule has 1 heterocycles. The van der Waals surface area contributed by atoms with E-state index >= 15 is 0 Å². The highest BCUT2D eigenvalue weighted by atomic mass is 19.4. The minimum Gasteiger partial charge on any atom is -0.305 e. The molecule has 3 aromatic rings. The molecule has 0 spiro atoms. The Morgan fingerprint density at radius 1 is 0.912 bits per heavy atom. The average Bonchev–Trinajstić information content (AvgIpc) is 2.82. The van der Waals surface area contributed by atoms with Gasteiger partial charge in [-0.05, 0) is 73.9 Å². The minimum atomic E-state index is -4.34. The molecule has 0 unspecified atom stereocenters. The standard InChI is InChI=1S/C27H26F4N2O/c1-19-2-12-24(13-3-19)33(26(34)21-6-10-23(28)11-7-21)25-14-16-32(17-15-25)18-20-4-8-22(9-5-20)27(29,30)31/h2-13,25H,14-18H2,1H3. The molecule has 0 radical (unpaired) electrons.